The quantitative estimate of drug-likeness (QED) is 0.0814. The van der Waals surface area contributed by atoms with Crippen molar-refractivity contribution >= 4 is 55.6 Å². The topological polar surface area (TPSA) is 55.4 Å². The van der Waals surface area contributed by atoms with Gasteiger partial charge in [-0.1, -0.05) is 79.7 Å². The average Bonchev–Trinajstić information content (AvgIpc) is 3.27. The minimum atomic E-state index is -0.812. The predicted molar refractivity (Wildman–Crippen MR) is 239 cm³/mol. The van der Waals surface area contributed by atoms with E-state index in [1.165, 1.54) is 31.8 Å². The Kier molecular flexibility index (Phi) is 14.3. The highest BCUT2D eigenvalue weighted by Crippen LogP contribution is 2.53. The molecule has 0 N–H and O–H groups in total. The highest BCUT2D eigenvalue weighted by atomic mass is 31.1. The van der Waals surface area contributed by atoms with Gasteiger partial charge in [-0.05, 0) is 152 Å². The van der Waals surface area contributed by atoms with Crippen LogP contribution in [0.15, 0.2) is 146 Å². The molecule has 0 fully saturated rings. The molecule has 56 heavy (non-hydrogen) atoms. The lowest BCUT2D eigenvalue weighted by Crippen LogP contribution is -2.36. The first kappa shape index (κ1) is 41.1. The summed E-state index contributed by atoms with van der Waals surface area (Å²) in [5.41, 5.74) is -0.150. The largest absolute Gasteiger partial charge is 0.497 e. The van der Waals surface area contributed by atoms with Gasteiger partial charge < -0.3 is 28.4 Å². The molecule has 0 spiro atoms. The van der Waals surface area contributed by atoms with Crippen LogP contribution < -0.4 is 60.2 Å². The van der Waals surface area contributed by atoms with E-state index in [9.17, 15) is 0 Å². The maximum Gasteiger partial charge on any atom is 0.118 e. The number of rotatable bonds is 18. The smallest absolute Gasteiger partial charge is 0.118 e. The van der Waals surface area contributed by atoms with E-state index < -0.39 is 23.8 Å². The second-order valence-corrected chi connectivity index (χ2v) is 20.4. The number of methoxy groups -OCH3 is 6. The van der Waals surface area contributed by atoms with Gasteiger partial charge in [-0.15, -0.1) is 0 Å². The van der Waals surface area contributed by atoms with Crippen LogP contribution in [-0.2, 0) is 0 Å². The van der Waals surface area contributed by atoms with Crippen LogP contribution >= 0.6 is 23.8 Å². The first-order chi connectivity index (χ1) is 27.3. The summed E-state index contributed by atoms with van der Waals surface area (Å²) < 4.78 is 33.7. The zero-order valence-corrected chi connectivity index (χ0v) is 36.0. The van der Waals surface area contributed by atoms with Crippen molar-refractivity contribution in [3.8, 4) is 34.5 Å². The SMILES string of the molecule is COc1ccc(P(CC(C)(CP(c2ccc(OC)cc2)c2ccc(OC)cc2)CP(c2ccc(OC)cc2)c2ccc(OC)cc2)c2ccc(OC)cc2)cc1. The molecular formula is C47H51O6P3. The van der Waals surface area contributed by atoms with Crippen LogP contribution in [0.2, 0.25) is 0 Å². The molecule has 6 nitrogen and oxygen atoms in total. The van der Waals surface area contributed by atoms with Gasteiger partial charge in [0.1, 0.15) is 34.5 Å². The Bertz CT molecular complexity index is 1700. The third-order valence-electron chi connectivity index (χ3n) is 9.92. The lowest BCUT2D eigenvalue weighted by molar-refractivity contribution is 0.415. The lowest BCUT2D eigenvalue weighted by Gasteiger charge is -2.40. The number of hydrogen-bond acceptors (Lipinski definition) is 6. The zero-order chi connectivity index (χ0) is 39.5. The Morgan fingerprint density at radius 1 is 0.286 bits per heavy atom. The molecule has 0 bridgehead atoms. The molecule has 0 saturated carbocycles. The summed E-state index contributed by atoms with van der Waals surface area (Å²) in [6.07, 6.45) is 2.91. The minimum absolute atomic E-state index is 0.150. The molecule has 0 amide bonds. The highest BCUT2D eigenvalue weighted by Gasteiger charge is 2.37. The molecule has 0 radical (unpaired) electrons. The molecule has 0 aliphatic heterocycles. The van der Waals surface area contributed by atoms with Crippen molar-refractivity contribution in [2.24, 2.45) is 5.41 Å². The standard InChI is InChI=1S/C47H51O6P3/c1-47(32-54(41-20-8-35(48-2)9-21-41)42-22-10-36(49-3)11-23-42,33-55(43-24-12-37(50-4)13-25-43)44-26-14-38(51-5)15-27-44)34-56(45-28-16-39(52-6)17-29-45)46-30-18-40(53-7)19-31-46/h8-31H,32-34H2,1-7H3. The Balaban J connectivity index is 1.53. The van der Waals surface area contributed by atoms with E-state index in [-0.39, 0.29) is 5.41 Å². The third-order valence-corrected chi connectivity index (χ3v) is 18.7. The molecule has 290 valence electrons. The monoisotopic (exact) mass is 804 g/mol. The van der Waals surface area contributed by atoms with Crippen molar-refractivity contribution in [1.82, 2.24) is 0 Å². The van der Waals surface area contributed by atoms with Crippen LogP contribution in [0.4, 0.5) is 0 Å². The number of ether oxygens (including phenoxy) is 6. The summed E-state index contributed by atoms with van der Waals surface area (Å²) in [5.74, 6) is 5.12. The van der Waals surface area contributed by atoms with E-state index in [2.05, 4.69) is 153 Å². The average molecular weight is 805 g/mol. The summed E-state index contributed by atoms with van der Waals surface area (Å²) in [5, 5.41) is 7.88. The van der Waals surface area contributed by atoms with Crippen LogP contribution in [0.5, 0.6) is 34.5 Å². The van der Waals surface area contributed by atoms with Crippen molar-refractivity contribution in [3.05, 3.63) is 146 Å². The van der Waals surface area contributed by atoms with E-state index in [1.807, 2.05) is 0 Å². The van der Waals surface area contributed by atoms with E-state index in [1.54, 1.807) is 42.7 Å². The fourth-order valence-electron chi connectivity index (χ4n) is 6.86. The Morgan fingerprint density at radius 3 is 0.554 bits per heavy atom. The molecule has 9 heteroatoms. The molecule has 0 saturated heterocycles. The first-order valence-corrected chi connectivity index (χ1v) is 23.0. The van der Waals surface area contributed by atoms with Crippen LogP contribution in [0.25, 0.3) is 0 Å². The van der Waals surface area contributed by atoms with Gasteiger partial charge in [-0.25, -0.2) is 0 Å². The summed E-state index contributed by atoms with van der Waals surface area (Å²) in [6, 6.07) is 52.1. The van der Waals surface area contributed by atoms with E-state index in [0.717, 1.165) is 53.0 Å². The van der Waals surface area contributed by atoms with Crippen LogP contribution in [0, 0.1) is 5.41 Å². The van der Waals surface area contributed by atoms with Gasteiger partial charge in [0, 0.05) is 0 Å². The van der Waals surface area contributed by atoms with Gasteiger partial charge in [-0.3, -0.25) is 0 Å². The number of hydrogen-bond donors (Lipinski definition) is 0. The second-order valence-electron chi connectivity index (χ2n) is 13.8. The summed E-state index contributed by atoms with van der Waals surface area (Å²) in [7, 11) is 7.90. The van der Waals surface area contributed by atoms with E-state index in [4.69, 9.17) is 28.4 Å². The maximum atomic E-state index is 5.61. The van der Waals surface area contributed by atoms with Crippen molar-refractivity contribution in [2.45, 2.75) is 6.92 Å². The summed E-state index contributed by atoms with van der Waals surface area (Å²) in [4.78, 5) is 0. The van der Waals surface area contributed by atoms with Crippen LogP contribution in [-0.4, -0.2) is 61.1 Å². The Morgan fingerprint density at radius 2 is 0.429 bits per heavy atom. The maximum absolute atomic E-state index is 5.61. The van der Waals surface area contributed by atoms with E-state index >= 15 is 0 Å². The first-order valence-electron chi connectivity index (χ1n) is 18.5. The van der Waals surface area contributed by atoms with Crippen molar-refractivity contribution in [3.63, 3.8) is 0 Å². The van der Waals surface area contributed by atoms with Gasteiger partial charge in [0.2, 0.25) is 0 Å². The van der Waals surface area contributed by atoms with Crippen molar-refractivity contribution < 1.29 is 28.4 Å². The molecule has 0 heterocycles. The fourth-order valence-corrected chi connectivity index (χ4v) is 15.4. The van der Waals surface area contributed by atoms with Crippen LogP contribution in [0.3, 0.4) is 0 Å². The van der Waals surface area contributed by atoms with Crippen LogP contribution in [0.1, 0.15) is 6.92 Å². The predicted octanol–water partition coefficient (Wildman–Crippen LogP) is 8.44. The Labute approximate surface area is 336 Å². The van der Waals surface area contributed by atoms with Crippen molar-refractivity contribution in [2.75, 3.05) is 61.1 Å². The lowest BCUT2D eigenvalue weighted by atomic mass is 9.99. The van der Waals surface area contributed by atoms with Gasteiger partial charge in [0.05, 0.1) is 42.7 Å². The molecule has 0 aromatic heterocycles. The molecule has 0 aliphatic rings. The van der Waals surface area contributed by atoms with Gasteiger partial charge in [0.15, 0.2) is 0 Å². The molecule has 6 aromatic carbocycles. The van der Waals surface area contributed by atoms with E-state index in [0.29, 0.717) is 0 Å². The minimum Gasteiger partial charge on any atom is -0.497 e. The second kappa shape index (κ2) is 19.5. The molecule has 0 aliphatic carbocycles. The molecular weight excluding hydrogens is 753 g/mol. The summed E-state index contributed by atoms with van der Waals surface area (Å²) in [6.45, 7) is 2.53. The molecule has 6 aromatic rings. The molecule has 0 unspecified atom stereocenters. The molecule has 0 atom stereocenters. The zero-order valence-electron chi connectivity index (χ0n) is 33.3. The fraction of sp³-hybridized carbons (Fsp3) is 0.234. The highest BCUT2D eigenvalue weighted by molar-refractivity contribution is 7.75. The van der Waals surface area contributed by atoms with Gasteiger partial charge in [0.25, 0.3) is 0 Å². The van der Waals surface area contributed by atoms with Gasteiger partial charge >= 0.3 is 0 Å². The normalized spacial score (nSPS) is 11.5. The Hall–Kier alpha value is -4.59. The van der Waals surface area contributed by atoms with Gasteiger partial charge in [-0.2, -0.15) is 0 Å². The third kappa shape index (κ3) is 10.2. The molecule has 6 rings (SSSR count). The summed E-state index contributed by atoms with van der Waals surface area (Å²) >= 11 is 0. The number of benzene rings is 6. The van der Waals surface area contributed by atoms with Crippen molar-refractivity contribution in [1.29, 1.82) is 0 Å².